The molecule has 0 bridgehead atoms. The molecular weight excluding hydrogens is 183 g/mol. The summed E-state index contributed by atoms with van der Waals surface area (Å²) in [6, 6.07) is 0. The minimum atomic E-state index is -4.52. The molecule has 1 rings (SSSR count). The molecule has 1 atom stereocenters. The highest BCUT2D eigenvalue weighted by atomic mass is 19.4. The Balaban J connectivity index is 2.63. The van der Waals surface area contributed by atoms with Gasteiger partial charge in [0.25, 0.3) is 0 Å². The Morgan fingerprint density at radius 3 is 2.23 bits per heavy atom. The van der Waals surface area contributed by atoms with Crippen molar-refractivity contribution >= 4 is 0 Å². The van der Waals surface area contributed by atoms with E-state index in [4.69, 9.17) is 0 Å². The van der Waals surface area contributed by atoms with Gasteiger partial charge in [0.2, 0.25) is 0 Å². The zero-order valence-corrected chi connectivity index (χ0v) is 7.98. The van der Waals surface area contributed by atoms with Crippen molar-refractivity contribution in [2.75, 3.05) is 13.6 Å². The van der Waals surface area contributed by atoms with Crippen LogP contribution in [-0.4, -0.2) is 36.5 Å². The van der Waals surface area contributed by atoms with Crippen molar-refractivity contribution in [2.24, 2.45) is 0 Å². The smallest absolute Gasteiger partial charge is 0.299 e. The third-order valence-corrected chi connectivity index (χ3v) is 2.77. The first-order valence-electron chi connectivity index (χ1n) is 4.19. The van der Waals surface area contributed by atoms with Crippen LogP contribution in [0.5, 0.6) is 0 Å². The van der Waals surface area contributed by atoms with Crippen molar-refractivity contribution < 1.29 is 17.9 Å². The fourth-order valence-electron chi connectivity index (χ4n) is 1.56. The van der Waals surface area contributed by atoms with Crippen LogP contribution in [0.4, 0.5) is 13.2 Å². The molecule has 1 aliphatic rings. The lowest BCUT2D eigenvalue weighted by Gasteiger charge is -2.33. The van der Waals surface area contributed by atoms with Gasteiger partial charge < -0.3 is 0 Å². The van der Waals surface area contributed by atoms with Gasteiger partial charge in [-0.05, 0) is 27.3 Å². The lowest BCUT2D eigenvalue weighted by atomic mass is 9.99. The van der Waals surface area contributed by atoms with Crippen LogP contribution in [0.2, 0.25) is 0 Å². The molecule has 0 aromatic carbocycles. The number of halogens is 3. The molecule has 1 aliphatic heterocycles. The van der Waals surface area contributed by atoms with Crippen molar-refractivity contribution in [1.82, 2.24) is 4.90 Å². The van der Waals surface area contributed by atoms with Crippen LogP contribution in [0.15, 0.2) is 0 Å². The largest absolute Gasteiger partial charge is 0.522 e. The van der Waals surface area contributed by atoms with Crippen molar-refractivity contribution in [3.8, 4) is 0 Å². The number of likely N-dealkylation sites (N-methyl/N-ethyl adjacent to an activating group) is 1. The first-order valence-corrected chi connectivity index (χ1v) is 4.19. The standard InChI is InChI=1S/C8H14F3NO/c1-7(2)6(4-5-12(7)3)13-8(9,10)11/h6H,4-5H2,1-3H3/t6-/m1/s1. The van der Waals surface area contributed by atoms with Crippen LogP contribution in [0.3, 0.4) is 0 Å². The van der Waals surface area contributed by atoms with E-state index in [0.717, 1.165) is 0 Å². The maximum atomic E-state index is 11.9. The predicted molar refractivity (Wildman–Crippen MR) is 42.3 cm³/mol. The topological polar surface area (TPSA) is 12.5 Å². The molecule has 2 nitrogen and oxygen atoms in total. The van der Waals surface area contributed by atoms with E-state index in [9.17, 15) is 13.2 Å². The highest BCUT2D eigenvalue weighted by Gasteiger charge is 2.46. The molecule has 0 spiro atoms. The second-order valence-electron chi connectivity index (χ2n) is 3.92. The van der Waals surface area contributed by atoms with Gasteiger partial charge in [-0.1, -0.05) is 0 Å². The molecule has 0 aromatic heterocycles. The Kier molecular flexibility index (Phi) is 2.60. The molecule has 0 aromatic rings. The minimum Gasteiger partial charge on any atom is -0.299 e. The quantitative estimate of drug-likeness (QED) is 0.637. The summed E-state index contributed by atoms with van der Waals surface area (Å²) < 4.78 is 39.9. The van der Waals surface area contributed by atoms with Crippen molar-refractivity contribution in [1.29, 1.82) is 0 Å². The Morgan fingerprint density at radius 1 is 1.38 bits per heavy atom. The molecule has 0 aliphatic carbocycles. The Hall–Kier alpha value is -0.290. The lowest BCUT2D eigenvalue weighted by Crippen LogP contribution is -2.45. The molecule has 1 saturated heterocycles. The molecule has 0 amide bonds. The first kappa shape index (κ1) is 10.8. The van der Waals surface area contributed by atoms with E-state index in [0.29, 0.717) is 13.0 Å². The SMILES string of the molecule is CN1CC[C@@H](OC(F)(F)F)C1(C)C. The number of rotatable bonds is 1. The van der Waals surface area contributed by atoms with Gasteiger partial charge >= 0.3 is 6.36 Å². The fraction of sp³-hybridized carbons (Fsp3) is 1.00. The molecule has 78 valence electrons. The van der Waals surface area contributed by atoms with Gasteiger partial charge in [0.1, 0.15) is 0 Å². The number of hydrogen-bond acceptors (Lipinski definition) is 2. The maximum absolute atomic E-state index is 11.9. The first-order chi connectivity index (χ1) is 5.73. The summed E-state index contributed by atoms with van der Waals surface area (Å²) in [6.45, 7) is 4.17. The highest BCUT2D eigenvalue weighted by Crippen LogP contribution is 2.33. The monoisotopic (exact) mass is 197 g/mol. The van der Waals surface area contributed by atoms with Gasteiger partial charge in [0, 0.05) is 12.1 Å². The zero-order chi connectivity index (χ0) is 10.3. The average molecular weight is 197 g/mol. The van der Waals surface area contributed by atoms with E-state index in [-0.39, 0.29) is 0 Å². The van der Waals surface area contributed by atoms with E-state index in [1.54, 1.807) is 20.9 Å². The molecule has 0 N–H and O–H groups in total. The lowest BCUT2D eigenvalue weighted by molar-refractivity contribution is -0.348. The molecule has 1 heterocycles. The van der Waals surface area contributed by atoms with Crippen LogP contribution >= 0.6 is 0 Å². The van der Waals surface area contributed by atoms with Crippen LogP contribution in [0.25, 0.3) is 0 Å². The van der Waals surface area contributed by atoms with Crippen molar-refractivity contribution in [2.45, 2.75) is 38.3 Å². The Labute approximate surface area is 75.7 Å². The van der Waals surface area contributed by atoms with Crippen LogP contribution in [0, 0.1) is 0 Å². The number of alkyl halides is 3. The molecule has 0 radical (unpaired) electrons. The van der Waals surface area contributed by atoms with Gasteiger partial charge in [-0.2, -0.15) is 0 Å². The van der Waals surface area contributed by atoms with E-state index in [1.807, 2.05) is 4.90 Å². The van der Waals surface area contributed by atoms with E-state index in [1.165, 1.54) is 0 Å². The van der Waals surface area contributed by atoms with E-state index in [2.05, 4.69) is 4.74 Å². The van der Waals surface area contributed by atoms with Gasteiger partial charge in [-0.25, -0.2) is 0 Å². The Bertz CT molecular complexity index is 190. The summed E-state index contributed by atoms with van der Waals surface area (Å²) in [5.74, 6) is 0. The third-order valence-electron chi connectivity index (χ3n) is 2.77. The number of nitrogens with zero attached hydrogens (tertiary/aromatic N) is 1. The predicted octanol–water partition coefficient (Wildman–Crippen LogP) is 2.01. The van der Waals surface area contributed by atoms with Crippen LogP contribution in [0.1, 0.15) is 20.3 Å². The zero-order valence-electron chi connectivity index (χ0n) is 7.98. The van der Waals surface area contributed by atoms with Gasteiger partial charge in [0.15, 0.2) is 0 Å². The summed E-state index contributed by atoms with van der Waals surface area (Å²) in [4.78, 5) is 1.88. The second kappa shape index (κ2) is 3.13. The molecule has 0 unspecified atom stereocenters. The van der Waals surface area contributed by atoms with Gasteiger partial charge in [-0.15, -0.1) is 13.2 Å². The molecule has 0 saturated carbocycles. The molecule has 13 heavy (non-hydrogen) atoms. The van der Waals surface area contributed by atoms with Crippen molar-refractivity contribution in [3.05, 3.63) is 0 Å². The van der Waals surface area contributed by atoms with Crippen LogP contribution < -0.4 is 0 Å². The minimum absolute atomic E-state index is 0.434. The van der Waals surface area contributed by atoms with Gasteiger partial charge in [-0.3, -0.25) is 9.64 Å². The number of ether oxygens (including phenoxy) is 1. The highest BCUT2D eigenvalue weighted by molar-refractivity contribution is 4.94. The summed E-state index contributed by atoms with van der Waals surface area (Å²) in [5, 5.41) is 0. The molecule has 5 heteroatoms. The number of hydrogen-bond donors (Lipinski definition) is 0. The molecule has 1 fully saturated rings. The maximum Gasteiger partial charge on any atom is 0.522 e. The normalized spacial score (nSPS) is 29.5. The van der Waals surface area contributed by atoms with E-state index < -0.39 is 18.0 Å². The summed E-state index contributed by atoms with van der Waals surface area (Å²) in [7, 11) is 1.81. The van der Waals surface area contributed by atoms with E-state index >= 15 is 0 Å². The van der Waals surface area contributed by atoms with Crippen LogP contribution in [-0.2, 0) is 4.74 Å². The number of likely N-dealkylation sites (tertiary alicyclic amines) is 1. The Morgan fingerprint density at radius 2 is 1.92 bits per heavy atom. The van der Waals surface area contributed by atoms with Crippen molar-refractivity contribution in [3.63, 3.8) is 0 Å². The third kappa shape index (κ3) is 2.34. The fourth-order valence-corrected chi connectivity index (χ4v) is 1.56. The van der Waals surface area contributed by atoms with Gasteiger partial charge in [0.05, 0.1) is 6.10 Å². The summed E-state index contributed by atoms with van der Waals surface area (Å²) in [6.07, 6.45) is -4.84. The second-order valence-corrected chi connectivity index (χ2v) is 3.92. The summed E-state index contributed by atoms with van der Waals surface area (Å²) >= 11 is 0. The average Bonchev–Trinajstić information content (AvgIpc) is 2.13. The summed E-state index contributed by atoms with van der Waals surface area (Å²) in [5.41, 5.74) is -0.532. The molecular formula is C8H14F3NO.